The van der Waals surface area contributed by atoms with E-state index >= 15 is 0 Å². The molecule has 1 nitrogen and oxygen atoms in total. The molecule has 0 heterocycles. The van der Waals surface area contributed by atoms with Crippen molar-refractivity contribution in [1.29, 1.82) is 0 Å². The highest BCUT2D eigenvalue weighted by molar-refractivity contribution is 9.10. The SMILES string of the molecule is CNC(C=C(C)C)c1ccc(F)c(F)c1Br. The first-order chi connectivity index (χ1) is 7.47. The number of likely N-dealkylation sites (N-methyl/N-ethyl adjacent to an activating group) is 1. The lowest BCUT2D eigenvalue weighted by molar-refractivity contribution is 0.500. The summed E-state index contributed by atoms with van der Waals surface area (Å²) in [4.78, 5) is 0. The summed E-state index contributed by atoms with van der Waals surface area (Å²) in [6, 6.07) is 2.58. The molecule has 0 radical (unpaired) electrons. The number of benzene rings is 1. The van der Waals surface area contributed by atoms with E-state index in [1.54, 1.807) is 13.1 Å². The van der Waals surface area contributed by atoms with Crippen molar-refractivity contribution < 1.29 is 8.78 Å². The van der Waals surface area contributed by atoms with Crippen LogP contribution in [0.1, 0.15) is 25.5 Å². The molecular weight excluding hydrogens is 276 g/mol. The maximum atomic E-state index is 13.4. The molecule has 4 heteroatoms. The van der Waals surface area contributed by atoms with Crippen molar-refractivity contribution in [2.75, 3.05) is 7.05 Å². The minimum atomic E-state index is -0.847. The molecule has 0 amide bonds. The van der Waals surface area contributed by atoms with Gasteiger partial charge in [-0.2, -0.15) is 0 Å². The van der Waals surface area contributed by atoms with Crippen molar-refractivity contribution in [2.24, 2.45) is 0 Å². The lowest BCUT2D eigenvalue weighted by Gasteiger charge is -2.15. The Morgan fingerprint density at radius 2 is 2.00 bits per heavy atom. The van der Waals surface area contributed by atoms with Gasteiger partial charge in [-0.3, -0.25) is 0 Å². The van der Waals surface area contributed by atoms with Gasteiger partial charge in [-0.15, -0.1) is 0 Å². The van der Waals surface area contributed by atoms with Crippen molar-refractivity contribution >= 4 is 15.9 Å². The second-order valence-corrected chi connectivity index (χ2v) is 4.57. The molecule has 1 unspecified atom stereocenters. The maximum Gasteiger partial charge on any atom is 0.173 e. The molecule has 1 aromatic rings. The molecule has 0 saturated heterocycles. The van der Waals surface area contributed by atoms with E-state index in [4.69, 9.17) is 0 Å². The number of allylic oxidation sites excluding steroid dienone is 1. The highest BCUT2D eigenvalue weighted by atomic mass is 79.9. The minimum Gasteiger partial charge on any atom is -0.310 e. The van der Waals surface area contributed by atoms with Crippen LogP contribution >= 0.6 is 15.9 Å². The molecule has 0 aliphatic carbocycles. The number of nitrogens with one attached hydrogen (secondary N) is 1. The van der Waals surface area contributed by atoms with E-state index < -0.39 is 11.6 Å². The van der Waals surface area contributed by atoms with Gasteiger partial charge in [0.1, 0.15) is 0 Å². The molecule has 1 atom stereocenters. The lowest BCUT2D eigenvalue weighted by Crippen LogP contribution is -2.15. The summed E-state index contributed by atoms with van der Waals surface area (Å²) in [5.74, 6) is -1.69. The zero-order valence-electron chi connectivity index (χ0n) is 9.44. The van der Waals surface area contributed by atoms with E-state index in [1.165, 1.54) is 0 Å². The molecule has 88 valence electrons. The Morgan fingerprint density at radius 1 is 1.38 bits per heavy atom. The van der Waals surface area contributed by atoms with Crippen LogP contribution in [0.3, 0.4) is 0 Å². The Morgan fingerprint density at radius 3 is 2.50 bits per heavy atom. The minimum absolute atomic E-state index is 0.130. The van der Waals surface area contributed by atoms with E-state index in [0.29, 0.717) is 5.56 Å². The summed E-state index contributed by atoms with van der Waals surface area (Å²) in [6.07, 6.45) is 1.96. The second kappa shape index (κ2) is 5.55. The lowest BCUT2D eigenvalue weighted by atomic mass is 10.0. The molecule has 0 aromatic heterocycles. The summed E-state index contributed by atoms with van der Waals surface area (Å²) in [5, 5.41) is 3.04. The average Bonchev–Trinajstić information content (AvgIpc) is 2.23. The zero-order chi connectivity index (χ0) is 12.3. The predicted molar refractivity (Wildman–Crippen MR) is 65.3 cm³/mol. The van der Waals surface area contributed by atoms with Gasteiger partial charge in [-0.25, -0.2) is 8.78 Å². The highest BCUT2D eigenvalue weighted by Crippen LogP contribution is 2.28. The van der Waals surface area contributed by atoms with E-state index in [9.17, 15) is 8.78 Å². The van der Waals surface area contributed by atoms with Crippen molar-refractivity contribution in [3.8, 4) is 0 Å². The molecule has 1 aromatic carbocycles. The fourth-order valence-corrected chi connectivity index (χ4v) is 2.01. The van der Waals surface area contributed by atoms with Crippen LogP contribution in [0.2, 0.25) is 0 Å². The van der Waals surface area contributed by atoms with Gasteiger partial charge < -0.3 is 5.32 Å². The van der Waals surface area contributed by atoms with E-state index in [0.717, 1.165) is 11.6 Å². The van der Waals surface area contributed by atoms with Crippen molar-refractivity contribution in [3.63, 3.8) is 0 Å². The molecule has 0 saturated carbocycles. The maximum absolute atomic E-state index is 13.4. The molecule has 16 heavy (non-hydrogen) atoms. The summed E-state index contributed by atoms with van der Waals surface area (Å²) in [6.45, 7) is 3.91. The van der Waals surface area contributed by atoms with Crippen molar-refractivity contribution in [3.05, 3.63) is 45.5 Å². The Labute approximate surface area is 103 Å². The van der Waals surface area contributed by atoms with Gasteiger partial charge in [0.15, 0.2) is 11.6 Å². The van der Waals surface area contributed by atoms with Gasteiger partial charge in [0, 0.05) is 0 Å². The Kier molecular flexibility index (Phi) is 4.62. The van der Waals surface area contributed by atoms with E-state index in [1.807, 2.05) is 19.9 Å². The fraction of sp³-hybridized carbons (Fsp3) is 0.333. The first-order valence-corrected chi connectivity index (χ1v) is 5.72. The smallest absolute Gasteiger partial charge is 0.173 e. The van der Waals surface area contributed by atoms with Gasteiger partial charge in [-0.05, 0) is 48.5 Å². The van der Waals surface area contributed by atoms with Gasteiger partial charge >= 0.3 is 0 Å². The number of hydrogen-bond acceptors (Lipinski definition) is 1. The number of rotatable bonds is 3. The number of halogens is 3. The normalized spacial score (nSPS) is 12.4. The Hall–Kier alpha value is -0.740. The van der Waals surface area contributed by atoms with Crippen LogP contribution in [0.15, 0.2) is 28.3 Å². The van der Waals surface area contributed by atoms with Gasteiger partial charge in [-0.1, -0.05) is 17.7 Å². The van der Waals surface area contributed by atoms with Gasteiger partial charge in [0.25, 0.3) is 0 Å². The van der Waals surface area contributed by atoms with E-state index in [2.05, 4.69) is 21.2 Å². The molecule has 0 bridgehead atoms. The Balaban J connectivity index is 3.21. The predicted octanol–water partition coefficient (Wildman–Crippen LogP) is 3.95. The van der Waals surface area contributed by atoms with Crippen molar-refractivity contribution in [2.45, 2.75) is 19.9 Å². The molecule has 0 fully saturated rings. The van der Waals surface area contributed by atoms with Crippen LogP contribution < -0.4 is 5.32 Å². The largest absolute Gasteiger partial charge is 0.310 e. The molecule has 1 rings (SSSR count). The average molecular weight is 290 g/mol. The van der Waals surface area contributed by atoms with E-state index in [-0.39, 0.29) is 10.5 Å². The monoisotopic (exact) mass is 289 g/mol. The third kappa shape index (κ3) is 2.89. The van der Waals surface area contributed by atoms with Gasteiger partial charge in [0.05, 0.1) is 10.5 Å². The Bertz CT molecular complexity index is 412. The summed E-state index contributed by atoms with van der Waals surface area (Å²) < 4.78 is 26.5. The topological polar surface area (TPSA) is 12.0 Å². The first-order valence-electron chi connectivity index (χ1n) is 4.93. The molecule has 0 spiro atoms. The van der Waals surface area contributed by atoms with Crippen LogP contribution in [0.4, 0.5) is 8.78 Å². The van der Waals surface area contributed by atoms with Crippen molar-refractivity contribution in [1.82, 2.24) is 5.32 Å². The standard InChI is InChI=1S/C12H14BrF2N/c1-7(2)6-10(16-3)8-4-5-9(14)12(15)11(8)13/h4-6,10,16H,1-3H3. The third-order valence-corrected chi connectivity index (χ3v) is 3.02. The van der Waals surface area contributed by atoms with Crippen LogP contribution in [0.5, 0.6) is 0 Å². The fourth-order valence-electron chi connectivity index (χ4n) is 1.44. The zero-order valence-corrected chi connectivity index (χ0v) is 11.0. The summed E-state index contributed by atoms with van der Waals surface area (Å²) >= 11 is 3.08. The molecule has 0 aliphatic heterocycles. The summed E-state index contributed by atoms with van der Waals surface area (Å²) in [7, 11) is 1.78. The van der Waals surface area contributed by atoms with Crippen LogP contribution in [-0.4, -0.2) is 7.05 Å². The molecule has 1 N–H and O–H groups in total. The molecular formula is C12H14BrF2N. The quantitative estimate of drug-likeness (QED) is 0.656. The van der Waals surface area contributed by atoms with Crippen LogP contribution in [0, 0.1) is 11.6 Å². The molecule has 0 aliphatic rings. The van der Waals surface area contributed by atoms with Crippen LogP contribution in [0.25, 0.3) is 0 Å². The number of hydrogen-bond donors (Lipinski definition) is 1. The summed E-state index contributed by atoms with van der Waals surface area (Å²) in [5.41, 5.74) is 1.79. The first kappa shape index (κ1) is 13.3. The third-order valence-electron chi connectivity index (χ3n) is 2.21. The van der Waals surface area contributed by atoms with Gasteiger partial charge in [0.2, 0.25) is 0 Å². The second-order valence-electron chi connectivity index (χ2n) is 3.77. The highest BCUT2D eigenvalue weighted by Gasteiger charge is 2.16. The van der Waals surface area contributed by atoms with Crippen LogP contribution in [-0.2, 0) is 0 Å².